The van der Waals surface area contributed by atoms with Crippen molar-refractivity contribution in [2.24, 2.45) is 0 Å². The van der Waals surface area contributed by atoms with Crippen molar-refractivity contribution in [1.82, 2.24) is 9.13 Å². The highest BCUT2D eigenvalue weighted by atomic mass is 16.1. The highest BCUT2D eigenvalue weighted by molar-refractivity contribution is 5.83. The van der Waals surface area contributed by atoms with Gasteiger partial charge in [0.25, 0.3) is 0 Å². The Morgan fingerprint density at radius 1 is 0.733 bits per heavy atom. The second-order valence-electron chi connectivity index (χ2n) is 7.48. The summed E-state index contributed by atoms with van der Waals surface area (Å²) in [5.41, 5.74) is 6.70. The van der Waals surface area contributed by atoms with Gasteiger partial charge in [0.2, 0.25) is 0 Å². The molecule has 146 valence electrons. The molecular formula is C25H20N4O. The van der Waals surface area contributed by atoms with Crippen LogP contribution in [0.15, 0.2) is 65.5 Å². The predicted octanol–water partition coefficient (Wildman–Crippen LogP) is 4.26. The SMILES string of the molecule is Cc1ccc(C)c2c1n(Cc1cccc(C#N)c1)c(=O)n2Cc1cccc(C#N)c1. The van der Waals surface area contributed by atoms with Crippen molar-refractivity contribution >= 4 is 11.0 Å². The lowest BCUT2D eigenvalue weighted by molar-refractivity contribution is 0.700. The van der Waals surface area contributed by atoms with Crippen LogP contribution in [0.1, 0.15) is 33.4 Å². The van der Waals surface area contributed by atoms with E-state index in [1.54, 1.807) is 21.3 Å². The van der Waals surface area contributed by atoms with Crippen molar-refractivity contribution in [3.63, 3.8) is 0 Å². The van der Waals surface area contributed by atoms with E-state index in [0.29, 0.717) is 24.2 Å². The lowest BCUT2D eigenvalue weighted by Gasteiger charge is -2.08. The maximum absolute atomic E-state index is 13.5. The number of fused-ring (bicyclic) bond motifs is 1. The Morgan fingerprint density at radius 2 is 1.17 bits per heavy atom. The number of aromatic nitrogens is 2. The van der Waals surface area contributed by atoms with Gasteiger partial charge in [-0.1, -0.05) is 36.4 Å². The lowest BCUT2D eigenvalue weighted by atomic mass is 10.1. The van der Waals surface area contributed by atoms with Crippen molar-refractivity contribution in [2.45, 2.75) is 26.9 Å². The summed E-state index contributed by atoms with van der Waals surface area (Å²) in [6.07, 6.45) is 0. The van der Waals surface area contributed by atoms with Crippen LogP contribution >= 0.6 is 0 Å². The van der Waals surface area contributed by atoms with Gasteiger partial charge in [0.15, 0.2) is 0 Å². The van der Waals surface area contributed by atoms with Crippen molar-refractivity contribution in [2.75, 3.05) is 0 Å². The number of imidazole rings is 1. The molecule has 3 aromatic carbocycles. The summed E-state index contributed by atoms with van der Waals surface area (Å²) in [4.78, 5) is 13.5. The Bertz CT molecular complexity index is 1300. The molecule has 0 aliphatic rings. The Labute approximate surface area is 174 Å². The Balaban J connectivity index is 1.90. The number of aryl methyl sites for hydroxylation is 2. The molecule has 5 heteroatoms. The number of nitriles is 2. The zero-order chi connectivity index (χ0) is 21.3. The Hall–Kier alpha value is -4.09. The third-order valence-electron chi connectivity index (χ3n) is 5.35. The van der Waals surface area contributed by atoms with E-state index < -0.39 is 0 Å². The standard InChI is InChI=1S/C25H20N4O/c1-17-9-10-18(2)24-23(17)28(15-21-7-3-5-19(11-21)13-26)25(30)29(24)16-22-8-4-6-20(12-22)14-27/h3-12H,15-16H2,1-2H3. The fourth-order valence-electron chi connectivity index (χ4n) is 3.94. The van der Waals surface area contributed by atoms with Crippen LogP contribution in [-0.2, 0) is 13.1 Å². The van der Waals surface area contributed by atoms with E-state index in [1.807, 2.05) is 62.4 Å². The molecule has 0 atom stereocenters. The summed E-state index contributed by atoms with van der Waals surface area (Å²) in [6.45, 7) is 4.79. The number of rotatable bonds is 4. The molecule has 4 aromatic rings. The number of hydrogen-bond acceptors (Lipinski definition) is 3. The molecule has 0 N–H and O–H groups in total. The second-order valence-corrected chi connectivity index (χ2v) is 7.48. The summed E-state index contributed by atoms with van der Waals surface area (Å²) < 4.78 is 3.56. The molecule has 0 bridgehead atoms. The zero-order valence-electron chi connectivity index (χ0n) is 16.9. The second kappa shape index (κ2) is 7.73. The molecule has 0 radical (unpaired) electrons. The van der Waals surface area contributed by atoms with Gasteiger partial charge >= 0.3 is 5.69 Å². The van der Waals surface area contributed by atoms with Gasteiger partial charge in [0.1, 0.15) is 0 Å². The first kappa shape index (κ1) is 19.2. The normalized spacial score (nSPS) is 10.7. The van der Waals surface area contributed by atoms with Crippen molar-refractivity contribution < 1.29 is 0 Å². The van der Waals surface area contributed by atoms with Gasteiger partial charge in [-0.05, 0) is 60.4 Å². The summed E-state index contributed by atoms with van der Waals surface area (Å²) in [7, 11) is 0. The van der Waals surface area contributed by atoms with Crippen LogP contribution in [0.25, 0.3) is 11.0 Å². The Kier molecular flexibility index (Phi) is 4.96. The van der Waals surface area contributed by atoms with Crippen molar-refractivity contribution in [3.8, 4) is 12.1 Å². The van der Waals surface area contributed by atoms with Crippen LogP contribution in [0.3, 0.4) is 0 Å². The molecule has 0 spiro atoms. The monoisotopic (exact) mass is 392 g/mol. The fourth-order valence-corrected chi connectivity index (χ4v) is 3.94. The minimum Gasteiger partial charge on any atom is -0.287 e. The number of hydrogen-bond donors (Lipinski definition) is 0. The first-order valence-electron chi connectivity index (χ1n) is 9.69. The van der Waals surface area contributed by atoms with Crippen LogP contribution in [0, 0.1) is 36.5 Å². The van der Waals surface area contributed by atoms with Gasteiger partial charge in [0, 0.05) is 0 Å². The van der Waals surface area contributed by atoms with Gasteiger partial charge in [-0.15, -0.1) is 0 Å². The molecule has 0 unspecified atom stereocenters. The summed E-state index contributed by atoms with van der Waals surface area (Å²) in [5, 5.41) is 18.4. The van der Waals surface area contributed by atoms with Crippen LogP contribution in [0.4, 0.5) is 0 Å². The molecule has 1 aromatic heterocycles. The summed E-state index contributed by atoms with van der Waals surface area (Å²) >= 11 is 0. The molecule has 30 heavy (non-hydrogen) atoms. The third-order valence-corrected chi connectivity index (χ3v) is 5.35. The van der Waals surface area contributed by atoms with E-state index in [1.165, 1.54) is 0 Å². The minimum atomic E-state index is -0.105. The molecule has 5 nitrogen and oxygen atoms in total. The zero-order valence-corrected chi connectivity index (χ0v) is 16.9. The first-order valence-corrected chi connectivity index (χ1v) is 9.69. The topological polar surface area (TPSA) is 74.5 Å². The molecule has 1 heterocycles. The molecule has 0 aliphatic carbocycles. The highest BCUT2D eigenvalue weighted by Gasteiger charge is 2.18. The molecule has 0 amide bonds. The summed E-state index contributed by atoms with van der Waals surface area (Å²) in [6, 6.07) is 23.0. The van der Waals surface area contributed by atoms with Crippen molar-refractivity contribution in [3.05, 3.63) is 105 Å². The maximum Gasteiger partial charge on any atom is 0.329 e. The molecule has 0 saturated carbocycles. The van der Waals surface area contributed by atoms with E-state index in [2.05, 4.69) is 12.1 Å². The largest absolute Gasteiger partial charge is 0.329 e. The fraction of sp³-hybridized carbons (Fsp3) is 0.160. The van der Waals surface area contributed by atoms with Gasteiger partial charge in [0.05, 0.1) is 47.4 Å². The number of nitrogens with zero attached hydrogens (tertiary/aromatic N) is 4. The predicted molar refractivity (Wildman–Crippen MR) is 116 cm³/mol. The average Bonchev–Trinajstić information content (AvgIpc) is 3.04. The van der Waals surface area contributed by atoms with Crippen LogP contribution < -0.4 is 5.69 Å². The van der Waals surface area contributed by atoms with E-state index in [0.717, 1.165) is 33.3 Å². The van der Waals surface area contributed by atoms with Crippen LogP contribution in [-0.4, -0.2) is 9.13 Å². The van der Waals surface area contributed by atoms with E-state index in [9.17, 15) is 15.3 Å². The first-order chi connectivity index (χ1) is 14.5. The third kappa shape index (κ3) is 3.38. The van der Waals surface area contributed by atoms with Gasteiger partial charge in [-0.2, -0.15) is 10.5 Å². The van der Waals surface area contributed by atoms with E-state index >= 15 is 0 Å². The number of benzene rings is 3. The van der Waals surface area contributed by atoms with Gasteiger partial charge < -0.3 is 0 Å². The molecule has 0 saturated heterocycles. The molecular weight excluding hydrogens is 372 g/mol. The average molecular weight is 392 g/mol. The Morgan fingerprint density at radius 3 is 1.57 bits per heavy atom. The lowest BCUT2D eigenvalue weighted by Crippen LogP contribution is -2.25. The van der Waals surface area contributed by atoms with Crippen LogP contribution in [0.5, 0.6) is 0 Å². The smallest absolute Gasteiger partial charge is 0.287 e. The molecule has 0 aliphatic heterocycles. The summed E-state index contributed by atoms with van der Waals surface area (Å²) in [5.74, 6) is 0. The molecule has 0 fully saturated rings. The van der Waals surface area contributed by atoms with Crippen molar-refractivity contribution in [1.29, 1.82) is 10.5 Å². The molecule has 4 rings (SSSR count). The maximum atomic E-state index is 13.5. The van der Waals surface area contributed by atoms with E-state index in [-0.39, 0.29) is 5.69 Å². The van der Waals surface area contributed by atoms with Gasteiger partial charge in [-0.3, -0.25) is 9.13 Å². The quantitative estimate of drug-likeness (QED) is 0.521. The van der Waals surface area contributed by atoms with E-state index in [4.69, 9.17) is 0 Å². The van der Waals surface area contributed by atoms with Crippen LogP contribution in [0.2, 0.25) is 0 Å². The van der Waals surface area contributed by atoms with Gasteiger partial charge in [-0.25, -0.2) is 4.79 Å². The highest BCUT2D eigenvalue weighted by Crippen LogP contribution is 2.23. The minimum absolute atomic E-state index is 0.105.